The van der Waals surface area contributed by atoms with Crippen LogP contribution < -0.4 is 0 Å². The van der Waals surface area contributed by atoms with Crippen LogP contribution in [0, 0.1) is 5.92 Å². The van der Waals surface area contributed by atoms with E-state index < -0.39 is 5.97 Å². The fourth-order valence-electron chi connectivity index (χ4n) is 2.88. The Labute approximate surface area is 107 Å². The second kappa shape index (κ2) is 4.34. The first-order valence-electron chi connectivity index (χ1n) is 5.92. The van der Waals surface area contributed by atoms with Crippen molar-refractivity contribution in [1.29, 1.82) is 0 Å². The van der Waals surface area contributed by atoms with Crippen LogP contribution >= 0.6 is 11.6 Å². The smallest absolute Gasteiger partial charge is 0.303 e. The molecule has 3 heteroatoms. The predicted octanol–water partition coefficient (Wildman–Crippen LogP) is 3.65. The molecule has 0 bridgehead atoms. The Hall–Kier alpha value is -1.02. The van der Waals surface area contributed by atoms with E-state index in [1.807, 2.05) is 18.2 Å². The van der Waals surface area contributed by atoms with E-state index in [1.165, 1.54) is 11.1 Å². The van der Waals surface area contributed by atoms with Gasteiger partial charge in [-0.2, -0.15) is 0 Å². The first-order chi connectivity index (χ1) is 7.91. The number of rotatable bonds is 2. The minimum Gasteiger partial charge on any atom is -0.481 e. The summed E-state index contributed by atoms with van der Waals surface area (Å²) in [5, 5.41) is 9.73. The summed E-state index contributed by atoms with van der Waals surface area (Å²) >= 11 is 6.00. The monoisotopic (exact) mass is 252 g/mol. The van der Waals surface area contributed by atoms with E-state index in [-0.39, 0.29) is 17.8 Å². The van der Waals surface area contributed by atoms with Crippen molar-refractivity contribution in [3.63, 3.8) is 0 Å². The molecule has 0 amide bonds. The molecule has 1 unspecified atom stereocenters. The number of hydrogen-bond donors (Lipinski definition) is 1. The molecule has 1 N–H and O–H groups in total. The van der Waals surface area contributed by atoms with Gasteiger partial charge in [-0.15, -0.1) is 0 Å². The third kappa shape index (κ3) is 2.32. The summed E-state index contributed by atoms with van der Waals surface area (Å²) in [6.45, 7) is 4.26. The lowest BCUT2D eigenvalue weighted by atomic mass is 9.64. The quantitative estimate of drug-likeness (QED) is 0.872. The van der Waals surface area contributed by atoms with Crippen molar-refractivity contribution < 1.29 is 9.90 Å². The van der Waals surface area contributed by atoms with Crippen LogP contribution in [-0.4, -0.2) is 11.1 Å². The molecule has 1 aromatic carbocycles. The molecule has 0 aliphatic heterocycles. The first kappa shape index (κ1) is 12.4. The van der Waals surface area contributed by atoms with Crippen LogP contribution in [-0.2, 0) is 16.6 Å². The maximum absolute atomic E-state index is 10.9. The highest BCUT2D eigenvalue weighted by Crippen LogP contribution is 2.43. The van der Waals surface area contributed by atoms with Crippen molar-refractivity contribution in [2.45, 2.75) is 38.5 Å². The van der Waals surface area contributed by atoms with Crippen LogP contribution in [0.15, 0.2) is 18.2 Å². The average Bonchev–Trinajstić information content (AvgIpc) is 2.21. The summed E-state index contributed by atoms with van der Waals surface area (Å²) in [5.41, 5.74) is 2.43. The van der Waals surface area contributed by atoms with Gasteiger partial charge in [-0.1, -0.05) is 31.5 Å². The molecule has 17 heavy (non-hydrogen) atoms. The largest absolute Gasteiger partial charge is 0.481 e. The molecule has 2 nitrogen and oxygen atoms in total. The van der Waals surface area contributed by atoms with E-state index in [0.29, 0.717) is 0 Å². The molecule has 1 aromatic rings. The van der Waals surface area contributed by atoms with Gasteiger partial charge < -0.3 is 5.11 Å². The minimum atomic E-state index is -0.708. The number of aliphatic carboxylic acids is 1. The standard InChI is InChI=1S/C14H17ClO2/c1-14(2)10(8-13(16)17)4-3-9-7-11(15)5-6-12(9)14/h5-7,10H,3-4,8H2,1-2H3,(H,16,17). The van der Waals surface area contributed by atoms with Crippen LogP contribution in [0.25, 0.3) is 0 Å². The van der Waals surface area contributed by atoms with E-state index in [4.69, 9.17) is 16.7 Å². The Bertz CT molecular complexity index is 452. The number of halogens is 1. The van der Waals surface area contributed by atoms with Gasteiger partial charge in [0.2, 0.25) is 0 Å². The maximum Gasteiger partial charge on any atom is 0.303 e. The highest BCUT2D eigenvalue weighted by molar-refractivity contribution is 6.30. The zero-order valence-electron chi connectivity index (χ0n) is 10.2. The van der Waals surface area contributed by atoms with Crippen LogP contribution in [0.4, 0.5) is 0 Å². The molecule has 1 aliphatic rings. The van der Waals surface area contributed by atoms with Gasteiger partial charge in [-0.05, 0) is 47.4 Å². The molecule has 0 aromatic heterocycles. The van der Waals surface area contributed by atoms with Gasteiger partial charge in [0.15, 0.2) is 0 Å². The number of benzene rings is 1. The third-order valence-electron chi connectivity index (χ3n) is 3.97. The van der Waals surface area contributed by atoms with E-state index in [0.717, 1.165) is 17.9 Å². The molecule has 1 atom stereocenters. The second-order valence-electron chi connectivity index (χ2n) is 5.36. The van der Waals surface area contributed by atoms with Crippen LogP contribution in [0.5, 0.6) is 0 Å². The second-order valence-corrected chi connectivity index (χ2v) is 5.79. The summed E-state index contributed by atoms with van der Waals surface area (Å²) in [5.74, 6) is -0.505. The highest BCUT2D eigenvalue weighted by atomic mass is 35.5. The van der Waals surface area contributed by atoms with E-state index in [1.54, 1.807) is 0 Å². The van der Waals surface area contributed by atoms with Crippen molar-refractivity contribution in [2.75, 3.05) is 0 Å². The first-order valence-corrected chi connectivity index (χ1v) is 6.29. The average molecular weight is 253 g/mol. The van der Waals surface area contributed by atoms with E-state index >= 15 is 0 Å². The normalized spacial score (nSPS) is 21.9. The van der Waals surface area contributed by atoms with Crippen LogP contribution in [0.3, 0.4) is 0 Å². The van der Waals surface area contributed by atoms with Crippen LogP contribution in [0.1, 0.15) is 37.8 Å². The molecule has 0 heterocycles. The number of carbonyl (C=O) groups is 1. The number of carboxylic acids is 1. The zero-order chi connectivity index (χ0) is 12.6. The van der Waals surface area contributed by atoms with Gasteiger partial charge in [0.25, 0.3) is 0 Å². The van der Waals surface area contributed by atoms with Crippen molar-refractivity contribution in [3.8, 4) is 0 Å². The molecule has 0 spiro atoms. The predicted molar refractivity (Wildman–Crippen MR) is 68.5 cm³/mol. The number of hydrogen-bond acceptors (Lipinski definition) is 1. The molecular weight excluding hydrogens is 236 g/mol. The fraction of sp³-hybridized carbons (Fsp3) is 0.500. The molecule has 0 fully saturated rings. The zero-order valence-corrected chi connectivity index (χ0v) is 10.9. The lowest BCUT2D eigenvalue weighted by Crippen LogP contribution is -2.35. The van der Waals surface area contributed by atoms with Crippen molar-refractivity contribution >= 4 is 17.6 Å². The van der Waals surface area contributed by atoms with Crippen molar-refractivity contribution in [2.24, 2.45) is 5.92 Å². The Morgan fingerprint density at radius 2 is 2.24 bits per heavy atom. The van der Waals surface area contributed by atoms with Gasteiger partial charge in [0.1, 0.15) is 0 Å². The van der Waals surface area contributed by atoms with E-state index in [9.17, 15) is 4.79 Å². The fourth-order valence-corrected chi connectivity index (χ4v) is 3.07. The lowest BCUT2D eigenvalue weighted by Gasteiger charge is -2.40. The molecule has 0 saturated carbocycles. The minimum absolute atomic E-state index is 0.0867. The Morgan fingerprint density at radius 1 is 1.53 bits per heavy atom. The summed E-state index contributed by atoms with van der Waals surface area (Å²) in [7, 11) is 0. The molecule has 2 rings (SSSR count). The molecule has 0 saturated heterocycles. The van der Waals surface area contributed by atoms with Gasteiger partial charge in [0, 0.05) is 11.4 Å². The van der Waals surface area contributed by atoms with Gasteiger partial charge in [-0.3, -0.25) is 4.79 Å². The molecule has 0 radical (unpaired) electrons. The lowest BCUT2D eigenvalue weighted by molar-refractivity contribution is -0.138. The summed E-state index contributed by atoms with van der Waals surface area (Å²) in [6.07, 6.45) is 2.10. The van der Waals surface area contributed by atoms with E-state index in [2.05, 4.69) is 13.8 Å². The summed E-state index contributed by atoms with van der Waals surface area (Å²) in [6, 6.07) is 5.95. The van der Waals surface area contributed by atoms with Gasteiger partial charge >= 0.3 is 5.97 Å². The van der Waals surface area contributed by atoms with Crippen molar-refractivity contribution in [3.05, 3.63) is 34.3 Å². The van der Waals surface area contributed by atoms with Gasteiger partial charge in [-0.25, -0.2) is 0 Å². The Balaban J connectivity index is 2.37. The molecule has 92 valence electrons. The summed E-state index contributed by atoms with van der Waals surface area (Å²) in [4.78, 5) is 10.9. The number of carboxylic acid groups (broad SMARTS) is 1. The highest BCUT2D eigenvalue weighted by Gasteiger charge is 2.37. The Kier molecular flexibility index (Phi) is 3.17. The third-order valence-corrected chi connectivity index (χ3v) is 4.20. The molecule has 1 aliphatic carbocycles. The number of fused-ring (bicyclic) bond motifs is 1. The van der Waals surface area contributed by atoms with Crippen LogP contribution in [0.2, 0.25) is 5.02 Å². The number of aryl methyl sites for hydroxylation is 1. The Morgan fingerprint density at radius 3 is 2.88 bits per heavy atom. The SMILES string of the molecule is CC1(C)c2ccc(Cl)cc2CCC1CC(=O)O. The van der Waals surface area contributed by atoms with Gasteiger partial charge in [0.05, 0.1) is 0 Å². The van der Waals surface area contributed by atoms with Crippen molar-refractivity contribution in [1.82, 2.24) is 0 Å². The topological polar surface area (TPSA) is 37.3 Å². The summed E-state index contributed by atoms with van der Waals surface area (Å²) < 4.78 is 0. The maximum atomic E-state index is 10.9. The molecular formula is C14H17ClO2.